The van der Waals surface area contributed by atoms with Crippen LogP contribution in [0.3, 0.4) is 0 Å². The molecule has 1 aromatic rings. The second-order valence-electron chi connectivity index (χ2n) is 5.73. The van der Waals surface area contributed by atoms with E-state index in [-0.39, 0.29) is 30.2 Å². The third kappa shape index (κ3) is 1.98. The van der Waals surface area contributed by atoms with Crippen molar-refractivity contribution in [3.05, 3.63) is 23.7 Å². The smallest absolute Gasteiger partial charge is 0.233 e. The van der Waals surface area contributed by atoms with E-state index in [4.69, 9.17) is 4.42 Å². The Kier molecular flexibility index (Phi) is 2.33. The molecule has 5 heteroatoms. The number of rotatable bonds is 5. The second-order valence-corrected chi connectivity index (χ2v) is 5.73. The van der Waals surface area contributed by atoms with E-state index in [0.29, 0.717) is 11.8 Å². The van der Waals surface area contributed by atoms with Gasteiger partial charge in [-0.25, -0.2) is 0 Å². The van der Waals surface area contributed by atoms with Crippen molar-refractivity contribution in [2.45, 2.75) is 38.4 Å². The lowest BCUT2D eigenvalue weighted by molar-refractivity contribution is -0.142. The fraction of sp³-hybridized carbons (Fsp3) is 0.571. The van der Waals surface area contributed by atoms with Crippen LogP contribution in [0.15, 0.2) is 16.5 Å². The molecule has 2 aliphatic carbocycles. The molecule has 3 aliphatic rings. The van der Waals surface area contributed by atoms with Gasteiger partial charge < -0.3 is 9.73 Å². The van der Waals surface area contributed by atoms with Crippen molar-refractivity contribution in [3.63, 3.8) is 0 Å². The number of piperidine rings is 1. The van der Waals surface area contributed by atoms with E-state index in [9.17, 15) is 9.59 Å². The Bertz CT molecular complexity index is 527. The minimum absolute atomic E-state index is 0.0240. The SMILES string of the molecule is O=C1C2CC2C(=O)N1Cc1ccc(CNC2CC2)o1. The Hall–Kier alpha value is -1.62. The van der Waals surface area contributed by atoms with Gasteiger partial charge >= 0.3 is 0 Å². The summed E-state index contributed by atoms with van der Waals surface area (Å²) < 4.78 is 5.66. The number of amides is 2. The van der Waals surface area contributed by atoms with Gasteiger partial charge in [-0.1, -0.05) is 0 Å². The Morgan fingerprint density at radius 3 is 2.53 bits per heavy atom. The van der Waals surface area contributed by atoms with E-state index < -0.39 is 0 Å². The van der Waals surface area contributed by atoms with E-state index in [1.807, 2.05) is 12.1 Å². The number of likely N-dealkylation sites (tertiary alicyclic amines) is 1. The predicted molar refractivity (Wildman–Crippen MR) is 65.7 cm³/mol. The Labute approximate surface area is 110 Å². The lowest BCUT2D eigenvalue weighted by atomic mass is 10.3. The van der Waals surface area contributed by atoms with Crippen molar-refractivity contribution in [1.29, 1.82) is 0 Å². The van der Waals surface area contributed by atoms with Crippen LogP contribution >= 0.6 is 0 Å². The monoisotopic (exact) mass is 260 g/mol. The highest BCUT2D eigenvalue weighted by Crippen LogP contribution is 2.47. The average molecular weight is 260 g/mol. The van der Waals surface area contributed by atoms with Crippen LogP contribution in [0.4, 0.5) is 0 Å². The molecule has 2 unspecified atom stereocenters. The molecule has 0 aromatic carbocycles. The van der Waals surface area contributed by atoms with Crippen LogP contribution < -0.4 is 5.32 Å². The zero-order valence-corrected chi connectivity index (χ0v) is 10.6. The molecule has 1 saturated heterocycles. The first kappa shape index (κ1) is 11.2. The second kappa shape index (κ2) is 3.93. The van der Waals surface area contributed by atoms with E-state index in [2.05, 4.69) is 5.32 Å². The molecule has 2 atom stereocenters. The van der Waals surface area contributed by atoms with Crippen LogP contribution in [-0.4, -0.2) is 22.8 Å². The molecule has 4 rings (SSSR count). The third-order valence-corrected chi connectivity index (χ3v) is 4.13. The summed E-state index contributed by atoms with van der Waals surface area (Å²) in [6, 6.07) is 4.41. The van der Waals surface area contributed by atoms with E-state index in [0.717, 1.165) is 18.7 Å². The van der Waals surface area contributed by atoms with Crippen molar-refractivity contribution >= 4 is 11.8 Å². The number of hydrogen-bond donors (Lipinski definition) is 1. The molecule has 0 bridgehead atoms. The maximum Gasteiger partial charge on any atom is 0.233 e. The van der Waals surface area contributed by atoms with Crippen LogP contribution in [0.2, 0.25) is 0 Å². The van der Waals surface area contributed by atoms with E-state index >= 15 is 0 Å². The highest BCUT2D eigenvalue weighted by Gasteiger charge is 2.58. The fourth-order valence-electron chi connectivity index (χ4n) is 2.70. The summed E-state index contributed by atoms with van der Waals surface area (Å²) in [5, 5.41) is 3.37. The van der Waals surface area contributed by atoms with Gasteiger partial charge in [0.05, 0.1) is 24.9 Å². The summed E-state index contributed by atoms with van der Waals surface area (Å²) in [6.45, 7) is 1.01. The number of hydrogen-bond acceptors (Lipinski definition) is 4. The molecule has 3 fully saturated rings. The van der Waals surface area contributed by atoms with Crippen LogP contribution in [-0.2, 0) is 22.7 Å². The van der Waals surface area contributed by atoms with Crippen molar-refractivity contribution in [2.75, 3.05) is 0 Å². The molecule has 0 spiro atoms. The summed E-state index contributed by atoms with van der Waals surface area (Å²) in [5.74, 6) is 1.45. The molecule has 5 nitrogen and oxygen atoms in total. The van der Waals surface area contributed by atoms with Gasteiger partial charge in [-0.15, -0.1) is 0 Å². The molecule has 2 amide bonds. The standard InChI is InChI=1S/C14H16N2O3/c17-13-11-5-12(11)14(18)16(13)7-10-4-3-9(19-10)6-15-8-1-2-8/h3-4,8,11-12,15H,1-2,5-7H2. The first-order valence-corrected chi connectivity index (χ1v) is 6.88. The minimum atomic E-state index is -0.0292. The molecule has 2 saturated carbocycles. The van der Waals surface area contributed by atoms with Crippen LogP contribution in [0.25, 0.3) is 0 Å². The number of carbonyl (C=O) groups is 2. The first-order chi connectivity index (χ1) is 9.22. The Balaban J connectivity index is 1.39. The summed E-state index contributed by atoms with van der Waals surface area (Å²) in [6.07, 6.45) is 3.24. The number of nitrogens with zero attached hydrogens (tertiary/aromatic N) is 1. The van der Waals surface area contributed by atoms with Gasteiger partial charge in [-0.2, -0.15) is 0 Å². The van der Waals surface area contributed by atoms with Crippen LogP contribution in [0, 0.1) is 11.8 Å². The Morgan fingerprint density at radius 1 is 1.16 bits per heavy atom. The van der Waals surface area contributed by atoms with Crippen molar-refractivity contribution in [3.8, 4) is 0 Å². The molecule has 19 heavy (non-hydrogen) atoms. The zero-order valence-electron chi connectivity index (χ0n) is 10.6. The van der Waals surface area contributed by atoms with Gasteiger partial charge in [0.1, 0.15) is 11.5 Å². The topological polar surface area (TPSA) is 62.6 Å². The van der Waals surface area contributed by atoms with Gasteiger partial charge in [0.15, 0.2) is 0 Å². The van der Waals surface area contributed by atoms with Crippen molar-refractivity contribution in [1.82, 2.24) is 10.2 Å². The van der Waals surface area contributed by atoms with E-state index in [1.54, 1.807) is 0 Å². The molecule has 2 heterocycles. The summed E-state index contributed by atoms with van der Waals surface area (Å²) in [7, 11) is 0. The minimum Gasteiger partial charge on any atom is -0.463 e. The van der Waals surface area contributed by atoms with Gasteiger partial charge in [0.2, 0.25) is 11.8 Å². The van der Waals surface area contributed by atoms with Crippen molar-refractivity contribution < 1.29 is 14.0 Å². The molecular weight excluding hydrogens is 244 g/mol. The van der Waals surface area contributed by atoms with Gasteiger partial charge in [-0.05, 0) is 31.4 Å². The number of fused-ring (bicyclic) bond motifs is 1. The number of nitrogens with one attached hydrogen (secondary N) is 1. The Morgan fingerprint density at radius 2 is 1.84 bits per heavy atom. The normalized spacial score (nSPS) is 28.9. The van der Waals surface area contributed by atoms with E-state index in [1.165, 1.54) is 17.7 Å². The lowest BCUT2D eigenvalue weighted by Crippen LogP contribution is -2.32. The molecule has 100 valence electrons. The van der Waals surface area contributed by atoms with Gasteiger partial charge in [0, 0.05) is 6.04 Å². The molecule has 1 aliphatic heterocycles. The maximum absolute atomic E-state index is 11.8. The number of furan rings is 1. The molecule has 1 aromatic heterocycles. The fourth-order valence-corrected chi connectivity index (χ4v) is 2.70. The predicted octanol–water partition coefficient (Wildman–Crippen LogP) is 1.04. The maximum atomic E-state index is 11.8. The van der Waals surface area contributed by atoms with Gasteiger partial charge in [-0.3, -0.25) is 14.5 Å². The number of imide groups is 1. The first-order valence-electron chi connectivity index (χ1n) is 6.88. The summed E-state index contributed by atoms with van der Waals surface area (Å²) >= 11 is 0. The lowest BCUT2D eigenvalue weighted by Gasteiger charge is -2.14. The van der Waals surface area contributed by atoms with Crippen LogP contribution in [0.5, 0.6) is 0 Å². The zero-order chi connectivity index (χ0) is 13.0. The molecule has 1 N–H and O–H groups in total. The highest BCUT2D eigenvalue weighted by atomic mass is 16.3. The largest absolute Gasteiger partial charge is 0.463 e. The van der Waals surface area contributed by atoms with Crippen molar-refractivity contribution in [2.24, 2.45) is 11.8 Å². The summed E-state index contributed by atoms with van der Waals surface area (Å²) in [5.41, 5.74) is 0. The quantitative estimate of drug-likeness (QED) is 0.803. The average Bonchev–Trinajstić information content (AvgIpc) is 3.29. The summed E-state index contributed by atoms with van der Waals surface area (Å²) in [4.78, 5) is 25.0. The highest BCUT2D eigenvalue weighted by molar-refractivity contribution is 6.08. The molecular formula is C14H16N2O3. The molecule has 0 radical (unpaired) electrons. The number of carbonyl (C=O) groups excluding carboxylic acids is 2. The van der Waals surface area contributed by atoms with Crippen LogP contribution in [0.1, 0.15) is 30.8 Å². The van der Waals surface area contributed by atoms with Gasteiger partial charge in [0.25, 0.3) is 0 Å². The third-order valence-electron chi connectivity index (χ3n) is 4.13.